The van der Waals surface area contributed by atoms with Gasteiger partial charge in [0.25, 0.3) is 0 Å². The maximum atomic E-state index is 11.8. The third kappa shape index (κ3) is 5.85. The summed E-state index contributed by atoms with van der Waals surface area (Å²) in [5.74, 6) is 0.0420. The van der Waals surface area contributed by atoms with Crippen LogP contribution in [0.2, 0.25) is 0 Å². The molecular formula is C13H24N2O5. The first-order chi connectivity index (χ1) is 9.69. The molecule has 1 rings (SSSR count). The SMILES string of the molecule is COCCOCC(=O)N1CCN(C(=O)CCOC)CC1. The van der Waals surface area contributed by atoms with Gasteiger partial charge < -0.3 is 24.0 Å². The average Bonchev–Trinajstić information content (AvgIpc) is 2.49. The topological polar surface area (TPSA) is 68.3 Å². The molecule has 0 saturated carbocycles. The fraction of sp³-hybridized carbons (Fsp3) is 0.846. The van der Waals surface area contributed by atoms with E-state index in [1.807, 2.05) is 0 Å². The molecule has 7 heteroatoms. The molecular weight excluding hydrogens is 264 g/mol. The first-order valence-corrected chi connectivity index (χ1v) is 6.80. The summed E-state index contributed by atoms with van der Waals surface area (Å²) in [6.45, 7) is 3.67. The number of carbonyl (C=O) groups excluding carboxylic acids is 2. The Balaban J connectivity index is 2.20. The van der Waals surface area contributed by atoms with Gasteiger partial charge in [-0.2, -0.15) is 0 Å². The normalized spacial score (nSPS) is 15.5. The third-order valence-electron chi connectivity index (χ3n) is 3.16. The van der Waals surface area contributed by atoms with E-state index in [-0.39, 0.29) is 18.4 Å². The Kier molecular flexibility index (Phi) is 8.17. The molecule has 0 aromatic heterocycles. The van der Waals surface area contributed by atoms with Gasteiger partial charge in [-0.05, 0) is 0 Å². The summed E-state index contributed by atoms with van der Waals surface area (Å²) in [4.78, 5) is 27.1. The van der Waals surface area contributed by atoms with Crippen LogP contribution in [0.3, 0.4) is 0 Å². The van der Waals surface area contributed by atoms with Crippen LogP contribution < -0.4 is 0 Å². The zero-order valence-electron chi connectivity index (χ0n) is 12.3. The van der Waals surface area contributed by atoms with Crippen LogP contribution >= 0.6 is 0 Å². The van der Waals surface area contributed by atoms with Crippen molar-refractivity contribution in [3.63, 3.8) is 0 Å². The molecule has 1 fully saturated rings. The van der Waals surface area contributed by atoms with Crippen molar-refractivity contribution < 1.29 is 23.8 Å². The molecule has 1 aliphatic rings. The Morgan fingerprint density at radius 2 is 1.40 bits per heavy atom. The van der Waals surface area contributed by atoms with Gasteiger partial charge in [-0.15, -0.1) is 0 Å². The fourth-order valence-corrected chi connectivity index (χ4v) is 1.95. The van der Waals surface area contributed by atoms with E-state index in [1.54, 1.807) is 24.0 Å². The van der Waals surface area contributed by atoms with Crippen molar-refractivity contribution in [1.82, 2.24) is 9.80 Å². The zero-order valence-corrected chi connectivity index (χ0v) is 12.3. The van der Waals surface area contributed by atoms with Gasteiger partial charge >= 0.3 is 0 Å². The molecule has 0 spiro atoms. The predicted molar refractivity (Wildman–Crippen MR) is 72.3 cm³/mol. The van der Waals surface area contributed by atoms with Crippen molar-refractivity contribution in [1.29, 1.82) is 0 Å². The molecule has 1 aliphatic heterocycles. The van der Waals surface area contributed by atoms with Crippen molar-refractivity contribution in [3.05, 3.63) is 0 Å². The van der Waals surface area contributed by atoms with Crippen LogP contribution in [0.25, 0.3) is 0 Å². The molecule has 20 heavy (non-hydrogen) atoms. The van der Waals surface area contributed by atoms with Crippen molar-refractivity contribution in [3.8, 4) is 0 Å². The maximum absolute atomic E-state index is 11.8. The van der Waals surface area contributed by atoms with Crippen molar-refractivity contribution in [2.45, 2.75) is 6.42 Å². The van der Waals surface area contributed by atoms with Gasteiger partial charge in [-0.3, -0.25) is 9.59 Å². The minimum atomic E-state index is -0.0370. The number of hydrogen-bond donors (Lipinski definition) is 0. The second kappa shape index (κ2) is 9.68. The molecule has 1 heterocycles. The molecule has 0 aromatic rings. The highest BCUT2D eigenvalue weighted by molar-refractivity contribution is 5.79. The highest BCUT2D eigenvalue weighted by Crippen LogP contribution is 2.04. The highest BCUT2D eigenvalue weighted by atomic mass is 16.5. The van der Waals surface area contributed by atoms with Crippen LogP contribution in [-0.4, -0.2) is 88.4 Å². The first kappa shape index (κ1) is 16.9. The lowest BCUT2D eigenvalue weighted by Gasteiger charge is -2.34. The molecule has 116 valence electrons. The van der Waals surface area contributed by atoms with Gasteiger partial charge in [-0.1, -0.05) is 0 Å². The van der Waals surface area contributed by atoms with E-state index in [2.05, 4.69) is 0 Å². The number of carbonyl (C=O) groups is 2. The summed E-state index contributed by atoms with van der Waals surface area (Å²) in [5, 5.41) is 0. The van der Waals surface area contributed by atoms with E-state index < -0.39 is 0 Å². The summed E-state index contributed by atoms with van der Waals surface area (Å²) in [6, 6.07) is 0. The molecule has 0 N–H and O–H groups in total. The first-order valence-electron chi connectivity index (χ1n) is 6.80. The number of methoxy groups -OCH3 is 2. The largest absolute Gasteiger partial charge is 0.384 e. The van der Waals surface area contributed by atoms with Gasteiger partial charge in [0, 0.05) is 40.4 Å². The Morgan fingerprint density at radius 3 is 1.95 bits per heavy atom. The van der Waals surface area contributed by atoms with E-state index in [4.69, 9.17) is 14.2 Å². The van der Waals surface area contributed by atoms with Crippen LogP contribution in [0.15, 0.2) is 0 Å². The Bertz CT molecular complexity index is 303. The molecule has 0 radical (unpaired) electrons. The molecule has 0 atom stereocenters. The molecule has 2 amide bonds. The van der Waals surface area contributed by atoms with Crippen molar-refractivity contribution >= 4 is 11.8 Å². The van der Waals surface area contributed by atoms with Gasteiger partial charge in [-0.25, -0.2) is 0 Å². The standard InChI is InChI=1S/C13H24N2O5/c1-18-8-3-12(16)14-4-6-15(7-5-14)13(17)11-20-10-9-19-2/h3-11H2,1-2H3. The number of rotatable bonds is 8. The summed E-state index contributed by atoms with van der Waals surface area (Å²) in [7, 11) is 3.17. The molecule has 0 aromatic carbocycles. The Hall–Kier alpha value is -1.18. The number of ether oxygens (including phenoxy) is 3. The summed E-state index contributed by atoms with van der Waals surface area (Å²) in [5.41, 5.74) is 0. The molecule has 7 nitrogen and oxygen atoms in total. The average molecular weight is 288 g/mol. The maximum Gasteiger partial charge on any atom is 0.248 e. The van der Waals surface area contributed by atoms with E-state index in [1.165, 1.54) is 0 Å². The summed E-state index contributed by atoms with van der Waals surface area (Å²) in [6.07, 6.45) is 0.393. The second-order valence-corrected chi connectivity index (χ2v) is 4.55. The number of nitrogens with zero attached hydrogens (tertiary/aromatic N) is 2. The van der Waals surface area contributed by atoms with E-state index in [9.17, 15) is 9.59 Å². The Morgan fingerprint density at radius 1 is 0.850 bits per heavy atom. The van der Waals surface area contributed by atoms with Crippen LogP contribution in [0.4, 0.5) is 0 Å². The minimum absolute atomic E-state index is 0.0370. The van der Waals surface area contributed by atoms with Crippen molar-refractivity contribution in [2.75, 3.05) is 66.8 Å². The van der Waals surface area contributed by atoms with Crippen LogP contribution in [0.5, 0.6) is 0 Å². The number of hydrogen-bond acceptors (Lipinski definition) is 5. The highest BCUT2D eigenvalue weighted by Gasteiger charge is 2.23. The number of amides is 2. The monoisotopic (exact) mass is 288 g/mol. The van der Waals surface area contributed by atoms with Gasteiger partial charge in [0.05, 0.1) is 26.2 Å². The molecule has 0 bridgehead atoms. The summed E-state index contributed by atoms with van der Waals surface area (Å²) < 4.78 is 14.9. The van der Waals surface area contributed by atoms with E-state index in [0.29, 0.717) is 52.4 Å². The Labute approximate surface area is 119 Å². The third-order valence-corrected chi connectivity index (χ3v) is 3.16. The predicted octanol–water partition coefficient (Wildman–Crippen LogP) is -0.643. The van der Waals surface area contributed by atoms with Crippen LogP contribution in [-0.2, 0) is 23.8 Å². The fourth-order valence-electron chi connectivity index (χ4n) is 1.95. The van der Waals surface area contributed by atoms with E-state index in [0.717, 1.165) is 0 Å². The molecule has 1 saturated heterocycles. The van der Waals surface area contributed by atoms with Gasteiger partial charge in [0.2, 0.25) is 11.8 Å². The van der Waals surface area contributed by atoms with Gasteiger partial charge in [0.15, 0.2) is 0 Å². The van der Waals surface area contributed by atoms with Crippen molar-refractivity contribution in [2.24, 2.45) is 0 Å². The zero-order chi connectivity index (χ0) is 14.8. The van der Waals surface area contributed by atoms with Crippen LogP contribution in [0, 0.1) is 0 Å². The van der Waals surface area contributed by atoms with Gasteiger partial charge in [0.1, 0.15) is 6.61 Å². The lowest BCUT2D eigenvalue weighted by Crippen LogP contribution is -2.51. The quantitative estimate of drug-likeness (QED) is 0.556. The van der Waals surface area contributed by atoms with E-state index >= 15 is 0 Å². The molecule has 0 unspecified atom stereocenters. The summed E-state index contributed by atoms with van der Waals surface area (Å²) >= 11 is 0. The lowest BCUT2D eigenvalue weighted by atomic mass is 10.3. The number of piperazine rings is 1. The lowest BCUT2D eigenvalue weighted by molar-refractivity contribution is -0.143. The second-order valence-electron chi connectivity index (χ2n) is 4.55. The minimum Gasteiger partial charge on any atom is -0.384 e. The molecule has 0 aliphatic carbocycles. The smallest absolute Gasteiger partial charge is 0.248 e. The van der Waals surface area contributed by atoms with Crippen LogP contribution in [0.1, 0.15) is 6.42 Å².